The van der Waals surface area contributed by atoms with E-state index >= 15 is 0 Å². The lowest BCUT2D eigenvalue weighted by atomic mass is 10.2. The van der Waals surface area contributed by atoms with Crippen LogP contribution in [0.5, 0.6) is 0 Å². The van der Waals surface area contributed by atoms with Crippen LogP contribution < -0.4 is 5.32 Å². The summed E-state index contributed by atoms with van der Waals surface area (Å²) in [7, 11) is 0. The molecule has 0 aliphatic heterocycles. The van der Waals surface area contributed by atoms with E-state index in [0.717, 1.165) is 0 Å². The van der Waals surface area contributed by atoms with Crippen molar-refractivity contribution >= 4 is 23.1 Å². The van der Waals surface area contributed by atoms with Gasteiger partial charge in [0.2, 0.25) is 0 Å². The first-order valence-corrected chi connectivity index (χ1v) is 8.21. The summed E-state index contributed by atoms with van der Waals surface area (Å²) < 4.78 is 11.8. The van der Waals surface area contributed by atoms with E-state index in [9.17, 15) is 9.59 Å². The number of aromatic amines is 1. The molecular formula is C18H15N5O4. The standard InChI is InChI=1S/C18H15N5O4/c1-2-26-18(25)12-10-19-23-6-5-11(8-15(12)23)20-17(24)14-9-13(21-22-14)16-4-3-7-27-16/h3-10H,2H2,1H3,(H,20,24)(H,21,22). The van der Waals surface area contributed by atoms with Crippen LogP contribution in [0.15, 0.2) is 53.4 Å². The number of hydrogen-bond donors (Lipinski definition) is 2. The molecule has 0 saturated heterocycles. The molecule has 9 nitrogen and oxygen atoms in total. The summed E-state index contributed by atoms with van der Waals surface area (Å²) in [6.45, 7) is 2.00. The zero-order chi connectivity index (χ0) is 18.8. The summed E-state index contributed by atoms with van der Waals surface area (Å²) in [5.41, 5.74) is 2.17. The molecule has 0 unspecified atom stereocenters. The largest absolute Gasteiger partial charge is 0.463 e. The Bertz CT molecular complexity index is 1110. The van der Waals surface area contributed by atoms with E-state index in [2.05, 4.69) is 20.6 Å². The monoisotopic (exact) mass is 365 g/mol. The molecule has 2 N–H and O–H groups in total. The minimum atomic E-state index is -0.466. The SMILES string of the molecule is CCOC(=O)c1cnn2ccc(NC(=O)c3cc(-c4ccco4)[nH]n3)cc12. The van der Waals surface area contributed by atoms with E-state index < -0.39 is 11.9 Å². The number of H-pyrrole nitrogens is 1. The van der Waals surface area contributed by atoms with Crippen LogP contribution in [0.1, 0.15) is 27.8 Å². The maximum absolute atomic E-state index is 12.5. The highest BCUT2D eigenvalue weighted by atomic mass is 16.5. The molecule has 0 bridgehead atoms. The quantitative estimate of drug-likeness (QED) is 0.526. The summed E-state index contributed by atoms with van der Waals surface area (Å²) >= 11 is 0. The Morgan fingerprint density at radius 1 is 1.33 bits per heavy atom. The predicted octanol–water partition coefficient (Wildman–Crippen LogP) is 2.75. The van der Waals surface area contributed by atoms with Crippen molar-refractivity contribution in [3.8, 4) is 11.5 Å². The van der Waals surface area contributed by atoms with Gasteiger partial charge < -0.3 is 14.5 Å². The average molecular weight is 365 g/mol. The third kappa shape index (κ3) is 3.17. The highest BCUT2D eigenvalue weighted by Crippen LogP contribution is 2.20. The van der Waals surface area contributed by atoms with E-state index in [1.54, 1.807) is 43.5 Å². The number of aromatic nitrogens is 4. The van der Waals surface area contributed by atoms with Gasteiger partial charge in [0.1, 0.15) is 11.3 Å². The number of esters is 1. The third-order valence-corrected chi connectivity index (χ3v) is 3.87. The first kappa shape index (κ1) is 16.6. The smallest absolute Gasteiger partial charge is 0.341 e. The molecular weight excluding hydrogens is 350 g/mol. The maximum atomic E-state index is 12.5. The van der Waals surface area contributed by atoms with Gasteiger partial charge in [-0.05, 0) is 31.2 Å². The van der Waals surface area contributed by atoms with Crippen LogP contribution in [0, 0.1) is 0 Å². The molecule has 4 rings (SSSR count). The van der Waals surface area contributed by atoms with Gasteiger partial charge in [0, 0.05) is 18.0 Å². The zero-order valence-corrected chi connectivity index (χ0v) is 14.3. The van der Waals surface area contributed by atoms with Crippen molar-refractivity contribution in [2.75, 3.05) is 11.9 Å². The molecule has 9 heteroatoms. The summed E-state index contributed by atoms with van der Waals surface area (Å²) in [6.07, 6.45) is 4.62. The van der Waals surface area contributed by atoms with Crippen LogP contribution in [0.4, 0.5) is 5.69 Å². The maximum Gasteiger partial charge on any atom is 0.341 e. The molecule has 0 fully saturated rings. The molecule has 4 aromatic rings. The van der Waals surface area contributed by atoms with Crippen LogP contribution in [0.2, 0.25) is 0 Å². The number of amides is 1. The van der Waals surface area contributed by atoms with Crippen molar-refractivity contribution in [1.29, 1.82) is 0 Å². The molecule has 4 heterocycles. The van der Waals surface area contributed by atoms with Crippen LogP contribution in [-0.4, -0.2) is 38.3 Å². The fourth-order valence-electron chi connectivity index (χ4n) is 2.62. The van der Waals surface area contributed by atoms with Crippen LogP contribution in [0.25, 0.3) is 17.0 Å². The topological polar surface area (TPSA) is 115 Å². The Labute approximate surface area is 152 Å². The van der Waals surface area contributed by atoms with Crippen LogP contribution in [0.3, 0.4) is 0 Å². The number of hydrogen-bond acceptors (Lipinski definition) is 6. The lowest BCUT2D eigenvalue weighted by molar-refractivity contribution is 0.0528. The second-order valence-electron chi connectivity index (χ2n) is 5.62. The lowest BCUT2D eigenvalue weighted by Gasteiger charge is -2.05. The van der Waals surface area contributed by atoms with E-state index in [-0.39, 0.29) is 12.3 Å². The minimum Gasteiger partial charge on any atom is -0.463 e. The van der Waals surface area contributed by atoms with Crippen molar-refractivity contribution in [2.24, 2.45) is 0 Å². The predicted molar refractivity (Wildman–Crippen MR) is 95.4 cm³/mol. The number of rotatable bonds is 5. The fraction of sp³-hybridized carbons (Fsp3) is 0.111. The Balaban J connectivity index is 1.57. The Hall–Kier alpha value is -3.88. The Morgan fingerprint density at radius 3 is 3.00 bits per heavy atom. The van der Waals surface area contributed by atoms with E-state index in [0.29, 0.717) is 28.2 Å². The fourth-order valence-corrected chi connectivity index (χ4v) is 2.62. The lowest BCUT2D eigenvalue weighted by Crippen LogP contribution is -2.12. The van der Waals surface area contributed by atoms with Gasteiger partial charge in [-0.25, -0.2) is 9.31 Å². The molecule has 0 aliphatic rings. The molecule has 0 aromatic carbocycles. The Morgan fingerprint density at radius 2 is 2.22 bits per heavy atom. The summed E-state index contributed by atoms with van der Waals surface area (Å²) in [4.78, 5) is 24.5. The molecule has 1 amide bonds. The summed E-state index contributed by atoms with van der Waals surface area (Å²) in [5, 5.41) is 13.6. The van der Waals surface area contributed by atoms with Crippen molar-refractivity contribution in [3.63, 3.8) is 0 Å². The molecule has 136 valence electrons. The highest BCUT2D eigenvalue weighted by molar-refractivity contribution is 6.04. The van der Waals surface area contributed by atoms with Crippen molar-refractivity contribution < 1.29 is 18.7 Å². The van der Waals surface area contributed by atoms with Crippen LogP contribution in [-0.2, 0) is 4.74 Å². The number of anilines is 1. The van der Waals surface area contributed by atoms with Gasteiger partial charge in [0.05, 0.1) is 24.6 Å². The molecule has 0 atom stereocenters. The van der Waals surface area contributed by atoms with Gasteiger partial charge in [-0.15, -0.1) is 0 Å². The van der Waals surface area contributed by atoms with Crippen LogP contribution >= 0.6 is 0 Å². The second kappa shape index (κ2) is 6.79. The van der Waals surface area contributed by atoms with Gasteiger partial charge in [-0.2, -0.15) is 10.2 Å². The normalized spacial score (nSPS) is 10.9. The average Bonchev–Trinajstić information content (AvgIpc) is 3.40. The molecule has 0 spiro atoms. The van der Waals surface area contributed by atoms with Gasteiger partial charge in [0.15, 0.2) is 11.5 Å². The summed E-state index contributed by atoms with van der Waals surface area (Å²) in [5.74, 6) is -0.279. The number of furan rings is 1. The van der Waals surface area contributed by atoms with E-state index in [4.69, 9.17) is 9.15 Å². The van der Waals surface area contributed by atoms with Gasteiger partial charge in [-0.3, -0.25) is 9.89 Å². The van der Waals surface area contributed by atoms with Crippen molar-refractivity contribution in [1.82, 2.24) is 19.8 Å². The number of nitrogens with zero attached hydrogens (tertiary/aromatic N) is 3. The summed E-state index contributed by atoms with van der Waals surface area (Å²) in [6, 6.07) is 8.43. The molecule has 27 heavy (non-hydrogen) atoms. The van der Waals surface area contributed by atoms with E-state index in [1.807, 2.05) is 0 Å². The highest BCUT2D eigenvalue weighted by Gasteiger charge is 2.16. The zero-order valence-electron chi connectivity index (χ0n) is 14.3. The van der Waals surface area contributed by atoms with Crippen molar-refractivity contribution in [3.05, 3.63) is 60.2 Å². The number of ether oxygens (including phenoxy) is 1. The number of nitrogens with one attached hydrogen (secondary N) is 2. The Kier molecular flexibility index (Phi) is 4.17. The van der Waals surface area contributed by atoms with Gasteiger partial charge in [0.25, 0.3) is 5.91 Å². The number of pyridine rings is 1. The number of fused-ring (bicyclic) bond motifs is 1. The molecule has 0 saturated carbocycles. The molecule has 0 aliphatic carbocycles. The second-order valence-corrected chi connectivity index (χ2v) is 5.62. The van der Waals surface area contributed by atoms with Gasteiger partial charge in [-0.1, -0.05) is 0 Å². The number of carbonyl (C=O) groups is 2. The first-order chi connectivity index (χ1) is 13.2. The first-order valence-electron chi connectivity index (χ1n) is 8.21. The third-order valence-electron chi connectivity index (χ3n) is 3.87. The molecule has 0 radical (unpaired) electrons. The number of carbonyl (C=O) groups excluding carboxylic acids is 2. The minimum absolute atomic E-state index is 0.209. The van der Waals surface area contributed by atoms with Crippen molar-refractivity contribution in [2.45, 2.75) is 6.92 Å². The van der Waals surface area contributed by atoms with E-state index in [1.165, 1.54) is 17.0 Å². The van der Waals surface area contributed by atoms with Gasteiger partial charge >= 0.3 is 5.97 Å². The molecule has 4 aromatic heterocycles.